The number of hydrogen-bond donors (Lipinski definition) is 2. The lowest BCUT2D eigenvalue weighted by Crippen LogP contribution is -2.41. The van der Waals surface area contributed by atoms with Gasteiger partial charge in [-0.3, -0.25) is 14.3 Å². The average molecular weight is 211 g/mol. The van der Waals surface area contributed by atoms with Crippen molar-refractivity contribution >= 4 is 0 Å². The van der Waals surface area contributed by atoms with E-state index in [0.717, 1.165) is 6.42 Å². The van der Waals surface area contributed by atoms with Crippen LogP contribution in [0.3, 0.4) is 0 Å². The van der Waals surface area contributed by atoms with E-state index in [2.05, 4.69) is 4.98 Å². The second kappa shape index (κ2) is 4.02. The molecular weight excluding hydrogens is 194 g/mol. The van der Waals surface area contributed by atoms with Gasteiger partial charge in [-0.05, 0) is 20.3 Å². The Morgan fingerprint density at radius 2 is 2.07 bits per heavy atom. The van der Waals surface area contributed by atoms with Gasteiger partial charge < -0.3 is 5.73 Å². The average Bonchev–Trinajstić information content (AvgIpc) is 2.17. The zero-order chi connectivity index (χ0) is 11.6. The molecule has 1 aromatic rings. The zero-order valence-electron chi connectivity index (χ0n) is 9.33. The summed E-state index contributed by atoms with van der Waals surface area (Å²) in [6.07, 6.45) is 2.34. The minimum Gasteiger partial charge on any atom is -0.326 e. The van der Waals surface area contributed by atoms with Crippen molar-refractivity contribution in [2.45, 2.75) is 39.3 Å². The summed E-state index contributed by atoms with van der Waals surface area (Å²) in [6, 6.07) is 0. The summed E-state index contributed by atoms with van der Waals surface area (Å²) in [6.45, 7) is 6.00. The van der Waals surface area contributed by atoms with E-state index in [9.17, 15) is 9.59 Å². The molecule has 0 aromatic carbocycles. The first kappa shape index (κ1) is 11.7. The molecule has 0 spiro atoms. The van der Waals surface area contributed by atoms with Crippen molar-refractivity contribution in [3.8, 4) is 0 Å². The van der Waals surface area contributed by atoms with Crippen LogP contribution < -0.4 is 17.0 Å². The van der Waals surface area contributed by atoms with Crippen molar-refractivity contribution in [2.24, 2.45) is 5.73 Å². The lowest BCUT2D eigenvalue weighted by atomic mass is 10.0. The Hall–Kier alpha value is -1.36. The van der Waals surface area contributed by atoms with E-state index < -0.39 is 5.56 Å². The Kier molecular flexibility index (Phi) is 3.14. The van der Waals surface area contributed by atoms with E-state index in [4.69, 9.17) is 5.73 Å². The number of nitrogens with one attached hydrogen (secondary N) is 1. The highest BCUT2D eigenvalue weighted by Gasteiger charge is 2.19. The van der Waals surface area contributed by atoms with E-state index in [1.807, 2.05) is 20.8 Å². The van der Waals surface area contributed by atoms with Crippen molar-refractivity contribution in [2.75, 3.05) is 0 Å². The van der Waals surface area contributed by atoms with Crippen LogP contribution in [0, 0.1) is 0 Å². The first-order valence-corrected chi connectivity index (χ1v) is 4.97. The molecule has 5 nitrogen and oxygen atoms in total. The molecule has 0 aliphatic heterocycles. The van der Waals surface area contributed by atoms with Crippen LogP contribution in [0.5, 0.6) is 0 Å². The van der Waals surface area contributed by atoms with Crippen LogP contribution in [0.25, 0.3) is 0 Å². The second-order valence-electron chi connectivity index (χ2n) is 4.15. The number of aromatic amines is 1. The maximum absolute atomic E-state index is 11.6. The predicted molar refractivity (Wildman–Crippen MR) is 58.8 cm³/mol. The normalized spacial score (nSPS) is 11.7. The Bertz CT molecular complexity index is 456. The molecule has 0 saturated carbocycles. The smallest absolute Gasteiger partial charge is 0.326 e. The van der Waals surface area contributed by atoms with Gasteiger partial charge in [0.2, 0.25) is 0 Å². The summed E-state index contributed by atoms with van der Waals surface area (Å²) >= 11 is 0. The van der Waals surface area contributed by atoms with Crippen molar-refractivity contribution in [1.82, 2.24) is 9.55 Å². The largest absolute Gasteiger partial charge is 0.328 e. The van der Waals surface area contributed by atoms with Gasteiger partial charge in [-0.2, -0.15) is 0 Å². The van der Waals surface area contributed by atoms with Gasteiger partial charge in [0.15, 0.2) is 0 Å². The zero-order valence-corrected chi connectivity index (χ0v) is 9.33. The molecule has 1 aromatic heterocycles. The molecule has 84 valence electrons. The van der Waals surface area contributed by atoms with Gasteiger partial charge in [-0.1, -0.05) is 6.92 Å². The van der Waals surface area contributed by atoms with Gasteiger partial charge in [0.1, 0.15) is 0 Å². The van der Waals surface area contributed by atoms with Crippen molar-refractivity contribution in [3.63, 3.8) is 0 Å². The standard InChI is InChI=1S/C10H17N3O2/c1-4-10(2,3)13-6-7(5-11)8(14)12-9(13)15/h6H,4-5,11H2,1-3H3,(H,12,14,15). The van der Waals surface area contributed by atoms with Crippen LogP contribution in [-0.4, -0.2) is 9.55 Å². The quantitative estimate of drug-likeness (QED) is 0.746. The molecule has 5 heteroatoms. The van der Waals surface area contributed by atoms with Gasteiger partial charge in [-0.15, -0.1) is 0 Å². The van der Waals surface area contributed by atoms with Crippen LogP contribution in [0.1, 0.15) is 32.8 Å². The molecule has 3 N–H and O–H groups in total. The van der Waals surface area contributed by atoms with E-state index in [0.29, 0.717) is 5.56 Å². The fourth-order valence-electron chi connectivity index (χ4n) is 1.28. The summed E-state index contributed by atoms with van der Waals surface area (Å²) in [5, 5.41) is 0. The number of H-pyrrole nitrogens is 1. The van der Waals surface area contributed by atoms with Gasteiger partial charge in [0.25, 0.3) is 5.56 Å². The van der Waals surface area contributed by atoms with Crippen molar-refractivity contribution in [3.05, 3.63) is 32.6 Å². The molecular formula is C10H17N3O2. The van der Waals surface area contributed by atoms with Gasteiger partial charge in [0, 0.05) is 23.8 Å². The second-order valence-corrected chi connectivity index (χ2v) is 4.15. The van der Waals surface area contributed by atoms with E-state index in [-0.39, 0.29) is 17.8 Å². The molecule has 1 heterocycles. The molecule has 0 fully saturated rings. The van der Waals surface area contributed by atoms with Gasteiger partial charge in [0.05, 0.1) is 0 Å². The summed E-state index contributed by atoms with van der Waals surface area (Å²) in [7, 11) is 0. The molecule has 0 saturated heterocycles. The monoisotopic (exact) mass is 211 g/mol. The minimum atomic E-state index is -0.398. The molecule has 15 heavy (non-hydrogen) atoms. The fraction of sp³-hybridized carbons (Fsp3) is 0.600. The Balaban J connectivity index is 3.44. The maximum Gasteiger partial charge on any atom is 0.328 e. The SMILES string of the molecule is CCC(C)(C)n1cc(CN)c(=O)[nH]c1=O. The van der Waals surface area contributed by atoms with Crippen LogP contribution in [0.2, 0.25) is 0 Å². The van der Waals surface area contributed by atoms with Crippen molar-refractivity contribution in [1.29, 1.82) is 0 Å². The Labute approximate surface area is 87.9 Å². The molecule has 0 amide bonds. The third-order valence-electron chi connectivity index (χ3n) is 2.75. The lowest BCUT2D eigenvalue weighted by Gasteiger charge is -2.25. The first-order chi connectivity index (χ1) is 6.92. The molecule has 0 aliphatic carbocycles. The highest BCUT2D eigenvalue weighted by atomic mass is 16.2. The maximum atomic E-state index is 11.6. The van der Waals surface area contributed by atoms with Gasteiger partial charge >= 0.3 is 5.69 Å². The molecule has 0 atom stereocenters. The van der Waals surface area contributed by atoms with Gasteiger partial charge in [-0.25, -0.2) is 4.79 Å². The highest BCUT2D eigenvalue weighted by molar-refractivity contribution is 5.05. The molecule has 1 rings (SSSR count). The summed E-state index contributed by atoms with van der Waals surface area (Å²) in [4.78, 5) is 25.1. The third kappa shape index (κ3) is 2.18. The number of aromatic nitrogens is 2. The number of rotatable bonds is 3. The predicted octanol–water partition coefficient (Wildman–Crippen LogP) is 0.140. The van der Waals surface area contributed by atoms with Crippen LogP contribution in [0.15, 0.2) is 15.8 Å². The minimum absolute atomic E-state index is 0.134. The van der Waals surface area contributed by atoms with E-state index in [1.54, 1.807) is 6.20 Å². The molecule has 0 aliphatic rings. The van der Waals surface area contributed by atoms with Crippen LogP contribution in [-0.2, 0) is 12.1 Å². The first-order valence-electron chi connectivity index (χ1n) is 4.97. The third-order valence-corrected chi connectivity index (χ3v) is 2.75. The number of hydrogen-bond acceptors (Lipinski definition) is 3. The highest BCUT2D eigenvalue weighted by Crippen LogP contribution is 2.16. The molecule has 0 radical (unpaired) electrons. The molecule has 0 unspecified atom stereocenters. The number of nitrogens with two attached hydrogens (primary N) is 1. The summed E-state index contributed by atoms with van der Waals surface area (Å²) < 4.78 is 1.52. The lowest BCUT2D eigenvalue weighted by molar-refractivity contribution is 0.324. The van der Waals surface area contributed by atoms with E-state index in [1.165, 1.54) is 4.57 Å². The summed E-state index contributed by atoms with van der Waals surface area (Å²) in [5.74, 6) is 0. The van der Waals surface area contributed by atoms with E-state index >= 15 is 0 Å². The Morgan fingerprint density at radius 3 is 2.53 bits per heavy atom. The summed E-state index contributed by atoms with van der Waals surface area (Å²) in [5.41, 5.74) is 4.75. The van der Waals surface area contributed by atoms with Crippen LogP contribution in [0.4, 0.5) is 0 Å². The topological polar surface area (TPSA) is 80.9 Å². The van der Waals surface area contributed by atoms with Crippen molar-refractivity contribution < 1.29 is 0 Å². The van der Waals surface area contributed by atoms with Crippen LogP contribution >= 0.6 is 0 Å². The number of nitrogens with zero attached hydrogens (tertiary/aromatic N) is 1. The molecule has 0 bridgehead atoms. The fourth-order valence-corrected chi connectivity index (χ4v) is 1.28. The Morgan fingerprint density at radius 1 is 1.47 bits per heavy atom.